The first-order valence-corrected chi connectivity index (χ1v) is 10.9. The van der Waals surface area contributed by atoms with Gasteiger partial charge in [0.2, 0.25) is 5.91 Å². The van der Waals surface area contributed by atoms with Gasteiger partial charge in [-0.05, 0) is 48.5 Å². The Morgan fingerprint density at radius 3 is 2.55 bits per heavy atom. The van der Waals surface area contributed by atoms with Crippen LogP contribution in [0.3, 0.4) is 0 Å². The smallest absolute Gasteiger partial charge is 0.266 e. The minimum absolute atomic E-state index is 0.0658. The van der Waals surface area contributed by atoms with Gasteiger partial charge in [-0.15, -0.1) is 0 Å². The molecule has 1 aromatic heterocycles. The monoisotopic (exact) mass is 501 g/mol. The molecule has 4 aromatic rings. The van der Waals surface area contributed by atoms with Crippen LogP contribution in [-0.2, 0) is 4.79 Å². The third-order valence-corrected chi connectivity index (χ3v) is 5.82. The minimum Gasteiger partial charge on any atom is -0.325 e. The number of para-hydroxylation sites is 1. The van der Waals surface area contributed by atoms with Gasteiger partial charge in [-0.2, -0.15) is 0 Å². The van der Waals surface area contributed by atoms with Crippen LogP contribution in [0.15, 0.2) is 81.2 Å². The van der Waals surface area contributed by atoms with Gasteiger partial charge in [0.05, 0.1) is 22.3 Å². The molecular weight excluding hydrogens is 488 g/mol. The van der Waals surface area contributed by atoms with Gasteiger partial charge in [-0.3, -0.25) is 14.2 Å². The van der Waals surface area contributed by atoms with E-state index in [1.807, 2.05) is 0 Å². The van der Waals surface area contributed by atoms with E-state index >= 15 is 0 Å². The molecule has 1 heterocycles. The summed E-state index contributed by atoms with van der Waals surface area (Å²) in [6.45, 7) is 0. The lowest BCUT2D eigenvalue weighted by Gasteiger charge is -2.14. The lowest BCUT2D eigenvalue weighted by Crippen LogP contribution is -2.23. The molecule has 0 saturated carbocycles. The van der Waals surface area contributed by atoms with Gasteiger partial charge in [-0.25, -0.2) is 13.8 Å². The Morgan fingerprint density at radius 1 is 1.06 bits per heavy atom. The zero-order valence-corrected chi connectivity index (χ0v) is 18.2. The quantitative estimate of drug-likeness (QED) is 0.303. The fourth-order valence-electron chi connectivity index (χ4n) is 2.94. The molecule has 1 amide bonds. The van der Waals surface area contributed by atoms with Gasteiger partial charge in [0.25, 0.3) is 5.56 Å². The largest absolute Gasteiger partial charge is 0.325 e. The Hall–Kier alpha value is -3.04. The van der Waals surface area contributed by atoms with Crippen molar-refractivity contribution in [3.05, 3.63) is 93.2 Å². The maximum absolute atomic E-state index is 14.5. The van der Waals surface area contributed by atoms with Crippen LogP contribution in [0.2, 0.25) is 0 Å². The molecular formula is C22H14BrF2N3O2S. The average molecular weight is 502 g/mol. The van der Waals surface area contributed by atoms with E-state index in [1.54, 1.807) is 48.5 Å². The Morgan fingerprint density at radius 2 is 1.81 bits per heavy atom. The number of anilines is 1. The summed E-state index contributed by atoms with van der Waals surface area (Å²) in [5, 5.41) is 3.16. The van der Waals surface area contributed by atoms with Crippen LogP contribution in [0, 0.1) is 11.6 Å². The van der Waals surface area contributed by atoms with E-state index in [0.717, 1.165) is 26.9 Å². The molecule has 156 valence electrons. The van der Waals surface area contributed by atoms with Crippen molar-refractivity contribution >= 4 is 50.2 Å². The van der Waals surface area contributed by atoms with E-state index in [1.165, 1.54) is 6.07 Å². The van der Waals surface area contributed by atoms with Crippen molar-refractivity contribution in [3.63, 3.8) is 0 Å². The molecule has 0 aliphatic rings. The molecule has 0 saturated heterocycles. The Balaban J connectivity index is 1.69. The van der Waals surface area contributed by atoms with Crippen molar-refractivity contribution in [2.45, 2.75) is 5.16 Å². The highest BCUT2D eigenvalue weighted by Crippen LogP contribution is 2.24. The summed E-state index contributed by atoms with van der Waals surface area (Å²) in [6, 6.07) is 16.7. The molecule has 0 atom stereocenters. The first-order valence-electron chi connectivity index (χ1n) is 9.08. The lowest BCUT2D eigenvalue weighted by molar-refractivity contribution is -0.113. The summed E-state index contributed by atoms with van der Waals surface area (Å²) in [5.74, 6) is -2.05. The number of thioether (sulfide) groups is 1. The maximum Gasteiger partial charge on any atom is 0.266 e. The molecule has 0 bridgehead atoms. The third kappa shape index (κ3) is 4.67. The summed E-state index contributed by atoms with van der Waals surface area (Å²) in [6.07, 6.45) is 0. The molecule has 0 spiro atoms. The number of amides is 1. The summed E-state index contributed by atoms with van der Waals surface area (Å²) < 4.78 is 29.8. The number of nitrogens with one attached hydrogen (secondary N) is 1. The summed E-state index contributed by atoms with van der Waals surface area (Å²) in [7, 11) is 0. The van der Waals surface area contributed by atoms with Crippen LogP contribution in [0.5, 0.6) is 0 Å². The predicted octanol–water partition coefficient (Wildman–Crippen LogP) is 5.16. The number of halogens is 3. The van der Waals surface area contributed by atoms with Crippen LogP contribution in [-0.4, -0.2) is 21.2 Å². The van der Waals surface area contributed by atoms with E-state index in [-0.39, 0.29) is 27.9 Å². The number of benzene rings is 3. The topological polar surface area (TPSA) is 64.0 Å². The predicted molar refractivity (Wildman–Crippen MR) is 121 cm³/mol. The van der Waals surface area contributed by atoms with E-state index in [9.17, 15) is 18.4 Å². The molecule has 0 unspecified atom stereocenters. The first-order chi connectivity index (χ1) is 14.9. The van der Waals surface area contributed by atoms with Crippen molar-refractivity contribution in [1.29, 1.82) is 0 Å². The zero-order valence-electron chi connectivity index (χ0n) is 15.8. The first kappa shape index (κ1) is 21.2. The fraction of sp³-hybridized carbons (Fsp3) is 0.0455. The van der Waals surface area contributed by atoms with E-state index in [0.29, 0.717) is 17.3 Å². The number of carbonyl (C=O) groups excluding carboxylic acids is 1. The van der Waals surface area contributed by atoms with E-state index in [4.69, 9.17) is 0 Å². The number of carbonyl (C=O) groups is 1. The number of aromatic nitrogens is 2. The highest BCUT2D eigenvalue weighted by molar-refractivity contribution is 9.10. The normalized spacial score (nSPS) is 10.9. The van der Waals surface area contributed by atoms with Gasteiger partial charge in [0, 0.05) is 16.2 Å². The number of rotatable bonds is 5. The SMILES string of the molecule is O=C(CSc1nc2ccccc2c(=O)n1-c1ccc(F)cc1F)Nc1ccc(Br)cc1. The number of nitrogens with zero attached hydrogens (tertiary/aromatic N) is 2. The molecule has 0 radical (unpaired) electrons. The highest BCUT2D eigenvalue weighted by atomic mass is 79.9. The van der Waals surface area contributed by atoms with E-state index < -0.39 is 17.2 Å². The second-order valence-corrected chi connectivity index (χ2v) is 8.35. The Labute approximate surface area is 188 Å². The molecule has 0 aliphatic carbocycles. The Kier molecular flexibility index (Phi) is 6.15. The van der Waals surface area contributed by atoms with Crippen molar-refractivity contribution in [2.24, 2.45) is 0 Å². The highest BCUT2D eigenvalue weighted by Gasteiger charge is 2.17. The molecule has 0 fully saturated rings. The van der Waals surface area contributed by atoms with Crippen molar-refractivity contribution in [3.8, 4) is 5.69 Å². The van der Waals surface area contributed by atoms with Gasteiger partial charge < -0.3 is 5.32 Å². The summed E-state index contributed by atoms with van der Waals surface area (Å²) >= 11 is 4.31. The van der Waals surface area contributed by atoms with Crippen molar-refractivity contribution in [2.75, 3.05) is 11.1 Å². The van der Waals surface area contributed by atoms with E-state index in [2.05, 4.69) is 26.2 Å². The molecule has 1 N–H and O–H groups in total. The number of hydrogen-bond donors (Lipinski definition) is 1. The molecule has 0 aliphatic heterocycles. The van der Waals surface area contributed by atoms with Gasteiger partial charge in [0.15, 0.2) is 5.16 Å². The zero-order chi connectivity index (χ0) is 22.0. The van der Waals surface area contributed by atoms with Gasteiger partial charge >= 0.3 is 0 Å². The third-order valence-electron chi connectivity index (χ3n) is 4.36. The molecule has 4 rings (SSSR count). The second-order valence-electron chi connectivity index (χ2n) is 6.49. The molecule has 5 nitrogen and oxygen atoms in total. The van der Waals surface area contributed by atoms with Crippen LogP contribution >= 0.6 is 27.7 Å². The minimum atomic E-state index is -0.902. The van der Waals surface area contributed by atoms with Crippen LogP contribution in [0.4, 0.5) is 14.5 Å². The van der Waals surface area contributed by atoms with Crippen LogP contribution in [0.1, 0.15) is 0 Å². The maximum atomic E-state index is 14.5. The lowest BCUT2D eigenvalue weighted by atomic mass is 10.2. The second kappa shape index (κ2) is 8.99. The molecule has 31 heavy (non-hydrogen) atoms. The van der Waals surface area contributed by atoms with Crippen molar-refractivity contribution < 1.29 is 13.6 Å². The van der Waals surface area contributed by atoms with Crippen LogP contribution < -0.4 is 10.9 Å². The number of hydrogen-bond acceptors (Lipinski definition) is 4. The standard InChI is InChI=1S/C22H14BrF2N3O2S/c23-13-5-8-15(9-6-13)26-20(29)12-31-22-27-18-4-2-1-3-16(18)21(30)28(22)19-10-7-14(24)11-17(19)25/h1-11H,12H2,(H,26,29). The summed E-state index contributed by atoms with van der Waals surface area (Å²) in [4.78, 5) is 29.9. The average Bonchev–Trinajstić information content (AvgIpc) is 2.75. The van der Waals surface area contributed by atoms with Crippen molar-refractivity contribution in [1.82, 2.24) is 9.55 Å². The van der Waals surface area contributed by atoms with Crippen LogP contribution in [0.25, 0.3) is 16.6 Å². The fourth-order valence-corrected chi connectivity index (χ4v) is 4.01. The van der Waals surface area contributed by atoms with Gasteiger partial charge in [-0.1, -0.05) is 39.8 Å². The Bertz CT molecular complexity index is 1340. The van der Waals surface area contributed by atoms with Gasteiger partial charge in [0.1, 0.15) is 11.6 Å². The molecule has 9 heteroatoms. The number of fused-ring (bicyclic) bond motifs is 1. The summed E-state index contributed by atoms with van der Waals surface area (Å²) in [5.41, 5.74) is 0.386. The molecule has 3 aromatic carbocycles.